The van der Waals surface area contributed by atoms with Gasteiger partial charge in [0.1, 0.15) is 0 Å². The molecule has 0 aliphatic carbocycles. The largest absolute Gasteiger partial charge is 0.378 e. The molecule has 1 aromatic rings. The van der Waals surface area contributed by atoms with Gasteiger partial charge in [-0.15, -0.1) is 0 Å². The molecule has 0 aromatic heterocycles. The van der Waals surface area contributed by atoms with Gasteiger partial charge in [-0.05, 0) is 43.1 Å². The number of nitrogens with one attached hydrogen (secondary N) is 1. The standard InChI is InChI=1S/C16H27N3/c1-13-9-17-10-14(2)12-19(11-13)16-7-5-6-15(8-16)18(3)4/h5-8,13-14,17H,9-12H2,1-4H3. The number of benzene rings is 1. The minimum absolute atomic E-state index is 0.690. The van der Waals surface area contributed by atoms with E-state index in [-0.39, 0.29) is 0 Å². The van der Waals surface area contributed by atoms with Crippen LogP contribution in [0.25, 0.3) is 0 Å². The fraction of sp³-hybridized carbons (Fsp3) is 0.625. The summed E-state index contributed by atoms with van der Waals surface area (Å²) in [6.45, 7) is 9.16. The van der Waals surface area contributed by atoms with Crippen LogP contribution < -0.4 is 15.1 Å². The minimum atomic E-state index is 0.690. The Balaban J connectivity index is 2.19. The maximum atomic E-state index is 3.55. The van der Waals surface area contributed by atoms with E-state index in [0.29, 0.717) is 11.8 Å². The van der Waals surface area contributed by atoms with Crippen molar-refractivity contribution in [1.29, 1.82) is 0 Å². The van der Waals surface area contributed by atoms with Crippen LogP contribution in [0.1, 0.15) is 13.8 Å². The van der Waals surface area contributed by atoms with Crippen molar-refractivity contribution in [1.82, 2.24) is 5.32 Å². The predicted octanol–water partition coefficient (Wildman–Crippen LogP) is 2.43. The van der Waals surface area contributed by atoms with Gasteiger partial charge in [-0.2, -0.15) is 0 Å². The fourth-order valence-corrected chi connectivity index (χ4v) is 2.71. The molecular weight excluding hydrogens is 234 g/mol. The van der Waals surface area contributed by atoms with Crippen molar-refractivity contribution in [2.75, 3.05) is 50.1 Å². The van der Waals surface area contributed by atoms with Gasteiger partial charge < -0.3 is 15.1 Å². The Labute approximate surface area is 117 Å². The second kappa shape index (κ2) is 6.29. The van der Waals surface area contributed by atoms with Crippen molar-refractivity contribution < 1.29 is 0 Å². The number of hydrogen-bond donors (Lipinski definition) is 1. The first kappa shape index (κ1) is 14.2. The third kappa shape index (κ3) is 3.87. The number of nitrogens with zero attached hydrogens (tertiary/aromatic N) is 2. The highest BCUT2D eigenvalue weighted by Crippen LogP contribution is 2.23. The Bertz CT molecular complexity index is 391. The molecule has 3 nitrogen and oxygen atoms in total. The van der Waals surface area contributed by atoms with E-state index in [1.54, 1.807) is 0 Å². The normalized spacial score (nSPS) is 24.7. The maximum absolute atomic E-state index is 3.55. The summed E-state index contributed by atoms with van der Waals surface area (Å²) in [6.07, 6.45) is 0. The molecule has 106 valence electrons. The van der Waals surface area contributed by atoms with Gasteiger partial charge >= 0.3 is 0 Å². The molecule has 1 saturated heterocycles. The number of hydrogen-bond acceptors (Lipinski definition) is 3. The van der Waals surface area contributed by atoms with Gasteiger partial charge in [0.25, 0.3) is 0 Å². The topological polar surface area (TPSA) is 18.5 Å². The SMILES string of the molecule is CC1CNCC(C)CN(c2cccc(N(C)C)c2)C1. The van der Waals surface area contributed by atoms with Crippen LogP contribution in [-0.2, 0) is 0 Å². The van der Waals surface area contributed by atoms with Crippen molar-refractivity contribution >= 4 is 11.4 Å². The molecule has 3 heteroatoms. The summed E-state index contributed by atoms with van der Waals surface area (Å²) in [7, 11) is 4.20. The quantitative estimate of drug-likeness (QED) is 0.882. The van der Waals surface area contributed by atoms with Crippen molar-refractivity contribution in [3.63, 3.8) is 0 Å². The molecule has 0 amide bonds. The van der Waals surface area contributed by atoms with Crippen molar-refractivity contribution in [2.24, 2.45) is 11.8 Å². The van der Waals surface area contributed by atoms with E-state index in [0.717, 1.165) is 26.2 Å². The van der Waals surface area contributed by atoms with E-state index in [1.807, 2.05) is 0 Å². The van der Waals surface area contributed by atoms with Crippen LogP contribution in [0, 0.1) is 11.8 Å². The van der Waals surface area contributed by atoms with E-state index >= 15 is 0 Å². The Morgan fingerprint density at radius 2 is 1.74 bits per heavy atom. The summed E-state index contributed by atoms with van der Waals surface area (Å²) < 4.78 is 0. The lowest BCUT2D eigenvalue weighted by Gasteiger charge is -2.34. The second-order valence-electron chi connectivity index (χ2n) is 6.19. The molecule has 1 N–H and O–H groups in total. The highest BCUT2D eigenvalue weighted by Gasteiger charge is 2.17. The van der Waals surface area contributed by atoms with Crippen LogP contribution >= 0.6 is 0 Å². The van der Waals surface area contributed by atoms with Gasteiger partial charge in [-0.1, -0.05) is 19.9 Å². The van der Waals surface area contributed by atoms with E-state index in [4.69, 9.17) is 0 Å². The molecule has 1 heterocycles. The fourth-order valence-electron chi connectivity index (χ4n) is 2.71. The molecule has 0 radical (unpaired) electrons. The molecule has 2 unspecified atom stereocenters. The average Bonchev–Trinajstić information content (AvgIpc) is 2.36. The number of anilines is 2. The monoisotopic (exact) mass is 261 g/mol. The molecule has 0 bridgehead atoms. The number of rotatable bonds is 2. The van der Waals surface area contributed by atoms with Crippen LogP contribution in [0.5, 0.6) is 0 Å². The zero-order chi connectivity index (χ0) is 13.8. The summed E-state index contributed by atoms with van der Waals surface area (Å²) >= 11 is 0. The molecule has 2 atom stereocenters. The van der Waals surface area contributed by atoms with Crippen LogP contribution in [0.2, 0.25) is 0 Å². The smallest absolute Gasteiger partial charge is 0.0387 e. The lowest BCUT2D eigenvalue weighted by Crippen LogP contribution is -2.42. The summed E-state index contributed by atoms with van der Waals surface area (Å²) in [5.41, 5.74) is 2.63. The third-order valence-electron chi connectivity index (χ3n) is 3.76. The highest BCUT2D eigenvalue weighted by molar-refractivity contribution is 5.59. The van der Waals surface area contributed by atoms with E-state index in [9.17, 15) is 0 Å². The molecular formula is C16H27N3. The Morgan fingerprint density at radius 1 is 1.11 bits per heavy atom. The molecule has 1 aliphatic rings. The molecule has 19 heavy (non-hydrogen) atoms. The highest BCUT2D eigenvalue weighted by atomic mass is 15.2. The molecule has 1 aliphatic heterocycles. The van der Waals surface area contributed by atoms with E-state index < -0.39 is 0 Å². The Hall–Kier alpha value is -1.22. The summed E-state index contributed by atoms with van der Waals surface area (Å²) in [5, 5.41) is 3.55. The molecule has 0 spiro atoms. The Kier molecular flexibility index (Phi) is 4.70. The van der Waals surface area contributed by atoms with Crippen molar-refractivity contribution in [3.05, 3.63) is 24.3 Å². The third-order valence-corrected chi connectivity index (χ3v) is 3.76. The van der Waals surface area contributed by atoms with Crippen molar-refractivity contribution in [3.8, 4) is 0 Å². The maximum Gasteiger partial charge on any atom is 0.0387 e. The van der Waals surface area contributed by atoms with Gasteiger partial charge in [-0.3, -0.25) is 0 Å². The first-order chi connectivity index (χ1) is 9.06. The van der Waals surface area contributed by atoms with E-state index in [1.165, 1.54) is 11.4 Å². The van der Waals surface area contributed by atoms with E-state index in [2.05, 4.69) is 67.3 Å². The predicted molar refractivity (Wildman–Crippen MR) is 84.2 cm³/mol. The average molecular weight is 261 g/mol. The first-order valence-corrected chi connectivity index (χ1v) is 7.29. The van der Waals surface area contributed by atoms with Crippen molar-refractivity contribution in [2.45, 2.75) is 13.8 Å². The van der Waals surface area contributed by atoms with Gasteiger partial charge in [0.15, 0.2) is 0 Å². The summed E-state index contributed by atoms with van der Waals surface area (Å²) in [6, 6.07) is 8.87. The lowest BCUT2D eigenvalue weighted by atomic mass is 10.0. The molecule has 1 aromatic carbocycles. The first-order valence-electron chi connectivity index (χ1n) is 7.29. The second-order valence-corrected chi connectivity index (χ2v) is 6.19. The van der Waals surface area contributed by atoms with Crippen LogP contribution in [0.15, 0.2) is 24.3 Å². The van der Waals surface area contributed by atoms with Crippen LogP contribution in [0.4, 0.5) is 11.4 Å². The molecule has 2 rings (SSSR count). The summed E-state index contributed by atoms with van der Waals surface area (Å²) in [5.74, 6) is 1.38. The van der Waals surface area contributed by atoms with Crippen LogP contribution in [0.3, 0.4) is 0 Å². The summed E-state index contributed by atoms with van der Waals surface area (Å²) in [4.78, 5) is 4.71. The molecule has 0 saturated carbocycles. The zero-order valence-corrected chi connectivity index (χ0v) is 12.7. The minimum Gasteiger partial charge on any atom is -0.378 e. The van der Waals surface area contributed by atoms with Gasteiger partial charge in [0.05, 0.1) is 0 Å². The Morgan fingerprint density at radius 3 is 2.32 bits per heavy atom. The zero-order valence-electron chi connectivity index (χ0n) is 12.7. The molecule has 1 fully saturated rings. The van der Waals surface area contributed by atoms with Gasteiger partial charge in [0, 0.05) is 38.6 Å². The van der Waals surface area contributed by atoms with Gasteiger partial charge in [-0.25, -0.2) is 0 Å². The lowest BCUT2D eigenvalue weighted by molar-refractivity contribution is 0.410. The van der Waals surface area contributed by atoms with Gasteiger partial charge in [0.2, 0.25) is 0 Å². The van der Waals surface area contributed by atoms with Crippen LogP contribution in [-0.4, -0.2) is 40.3 Å².